The van der Waals surface area contributed by atoms with Crippen LogP contribution in [0.3, 0.4) is 0 Å². The quantitative estimate of drug-likeness (QED) is 0.139. The average Bonchev–Trinajstić information content (AvgIpc) is 3.36. The van der Waals surface area contributed by atoms with Gasteiger partial charge in [0, 0.05) is 0 Å². The summed E-state index contributed by atoms with van der Waals surface area (Å²) in [5.74, 6) is 0.353. The molecule has 216 valence electrons. The van der Waals surface area contributed by atoms with E-state index in [0.717, 1.165) is 54.4 Å². The Balaban J connectivity index is 1.68. The SMILES string of the molecule is CCCCCCCCCCc1cc(CCCCCCCCCC)c(O)c(-n2nc3ccc(CCC)cc3n2)c1. The molecule has 0 amide bonds. The van der Waals surface area contributed by atoms with Crippen LogP contribution in [-0.4, -0.2) is 20.1 Å². The molecule has 1 heterocycles. The highest BCUT2D eigenvalue weighted by atomic mass is 16.3. The summed E-state index contributed by atoms with van der Waals surface area (Å²) in [6.45, 7) is 6.75. The van der Waals surface area contributed by atoms with Gasteiger partial charge in [-0.25, -0.2) is 0 Å². The summed E-state index contributed by atoms with van der Waals surface area (Å²) in [5.41, 5.74) is 6.17. The van der Waals surface area contributed by atoms with Crippen LogP contribution in [0.4, 0.5) is 0 Å². The number of aromatic nitrogens is 3. The van der Waals surface area contributed by atoms with Crippen molar-refractivity contribution in [1.29, 1.82) is 0 Å². The summed E-state index contributed by atoms with van der Waals surface area (Å²) in [7, 11) is 0. The van der Waals surface area contributed by atoms with Gasteiger partial charge in [0.2, 0.25) is 0 Å². The molecule has 2 aromatic carbocycles. The molecule has 39 heavy (non-hydrogen) atoms. The number of phenols is 1. The normalized spacial score (nSPS) is 11.6. The minimum atomic E-state index is 0.353. The fourth-order valence-electron chi connectivity index (χ4n) is 5.65. The van der Waals surface area contributed by atoms with Gasteiger partial charge in [-0.1, -0.05) is 129 Å². The second kappa shape index (κ2) is 18.1. The fraction of sp³-hybridized carbons (Fsp3) is 0.657. The maximum absolute atomic E-state index is 11.3. The zero-order valence-corrected chi connectivity index (χ0v) is 25.3. The number of phenolic OH excluding ortho intramolecular Hbond substituents is 1. The van der Waals surface area contributed by atoms with Crippen molar-refractivity contribution >= 4 is 11.0 Å². The highest BCUT2D eigenvalue weighted by Crippen LogP contribution is 2.31. The lowest BCUT2D eigenvalue weighted by atomic mass is 9.98. The molecule has 3 rings (SSSR count). The van der Waals surface area contributed by atoms with Gasteiger partial charge in [0.1, 0.15) is 22.5 Å². The Morgan fingerprint density at radius 3 is 1.72 bits per heavy atom. The minimum absolute atomic E-state index is 0.353. The molecule has 4 heteroatoms. The number of unbranched alkanes of at least 4 members (excludes halogenated alkanes) is 14. The van der Waals surface area contributed by atoms with Crippen LogP contribution in [0.2, 0.25) is 0 Å². The highest BCUT2D eigenvalue weighted by molar-refractivity contribution is 5.75. The van der Waals surface area contributed by atoms with Gasteiger partial charge in [-0.3, -0.25) is 0 Å². The average molecular weight is 534 g/mol. The zero-order valence-electron chi connectivity index (χ0n) is 25.3. The summed E-state index contributed by atoms with van der Waals surface area (Å²) >= 11 is 0. The number of fused-ring (bicyclic) bond motifs is 1. The van der Waals surface area contributed by atoms with E-state index in [4.69, 9.17) is 10.2 Å². The van der Waals surface area contributed by atoms with E-state index >= 15 is 0 Å². The van der Waals surface area contributed by atoms with Crippen molar-refractivity contribution in [2.24, 2.45) is 0 Å². The van der Waals surface area contributed by atoms with Crippen molar-refractivity contribution in [3.8, 4) is 11.4 Å². The Kier molecular flexibility index (Phi) is 14.4. The summed E-state index contributed by atoms with van der Waals surface area (Å²) in [6.07, 6.45) is 25.1. The Morgan fingerprint density at radius 1 is 0.538 bits per heavy atom. The van der Waals surface area contributed by atoms with E-state index in [1.54, 1.807) is 4.80 Å². The predicted octanol–water partition coefficient (Wildman–Crippen LogP) is 10.4. The number of aromatic hydroxyl groups is 1. The maximum atomic E-state index is 11.3. The monoisotopic (exact) mass is 533 g/mol. The van der Waals surface area contributed by atoms with E-state index in [0.29, 0.717) is 5.75 Å². The molecule has 0 saturated heterocycles. The third-order valence-electron chi connectivity index (χ3n) is 8.05. The number of hydrogen-bond acceptors (Lipinski definition) is 3. The number of rotatable bonds is 21. The van der Waals surface area contributed by atoms with Gasteiger partial charge in [0.15, 0.2) is 0 Å². The maximum Gasteiger partial charge on any atom is 0.146 e. The van der Waals surface area contributed by atoms with Crippen molar-refractivity contribution in [1.82, 2.24) is 15.0 Å². The van der Waals surface area contributed by atoms with Gasteiger partial charge in [0.25, 0.3) is 0 Å². The molecule has 4 nitrogen and oxygen atoms in total. The van der Waals surface area contributed by atoms with Gasteiger partial charge in [-0.05, 0) is 67.0 Å². The van der Waals surface area contributed by atoms with Gasteiger partial charge >= 0.3 is 0 Å². The van der Waals surface area contributed by atoms with E-state index in [2.05, 4.69) is 51.1 Å². The predicted molar refractivity (Wildman–Crippen MR) is 167 cm³/mol. The second-order valence-corrected chi connectivity index (χ2v) is 11.6. The van der Waals surface area contributed by atoms with Crippen LogP contribution in [-0.2, 0) is 19.3 Å². The molecule has 1 N–H and O–H groups in total. The van der Waals surface area contributed by atoms with E-state index < -0.39 is 0 Å². The van der Waals surface area contributed by atoms with E-state index in [1.165, 1.54) is 107 Å². The van der Waals surface area contributed by atoms with Gasteiger partial charge in [-0.15, -0.1) is 15.0 Å². The van der Waals surface area contributed by atoms with Crippen LogP contribution in [0.1, 0.15) is 147 Å². The molecule has 0 unspecified atom stereocenters. The first-order chi connectivity index (χ1) is 19.2. The number of nitrogens with zero attached hydrogens (tertiary/aromatic N) is 3. The lowest BCUT2D eigenvalue weighted by molar-refractivity contribution is 0.458. The zero-order chi connectivity index (χ0) is 27.7. The van der Waals surface area contributed by atoms with Crippen LogP contribution >= 0.6 is 0 Å². The van der Waals surface area contributed by atoms with Crippen molar-refractivity contribution in [3.05, 3.63) is 47.0 Å². The van der Waals surface area contributed by atoms with E-state index in [-0.39, 0.29) is 0 Å². The Morgan fingerprint density at radius 2 is 1.10 bits per heavy atom. The van der Waals surface area contributed by atoms with Crippen molar-refractivity contribution in [3.63, 3.8) is 0 Å². The summed E-state index contributed by atoms with van der Waals surface area (Å²) < 4.78 is 0. The minimum Gasteiger partial charge on any atom is -0.505 e. The topological polar surface area (TPSA) is 50.9 Å². The van der Waals surface area contributed by atoms with Crippen LogP contribution in [0, 0.1) is 0 Å². The molecular formula is C35H55N3O. The van der Waals surface area contributed by atoms with E-state index in [9.17, 15) is 5.11 Å². The molecule has 0 aliphatic carbocycles. The largest absolute Gasteiger partial charge is 0.505 e. The van der Waals surface area contributed by atoms with Crippen LogP contribution in [0.5, 0.6) is 5.75 Å². The number of aryl methyl sites for hydroxylation is 3. The first-order valence-corrected chi connectivity index (χ1v) is 16.4. The summed E-state index contributed by atoms with van der Waals surface area (Å²) in [5, 5.41) is 20.9. The third-order valence-corrected chi connectivity index (χ3v) is 8.05. The Bertz CT molecular complexity index is 1090. The molecular weight excluding hydrogens is 478 g/mol. The third kappa shape index (κ3) is 10.6. The molecule has 3 aromatic rings. The van der Waals surface area contributed by atoms with Crippen molar-refractivity contribution in [2.45, 2.75) is 149 Å². The molecule has 0 fully saturated rings. The van der Waals surface area contributed by atoms with Gasteiger partial charge in [-0.2, -0.15) is 0 Å². The standard InChI is InChI=1S/C35H55N3O/c1-4-7-9-11-13-15-17-19-22-30-26-31(23-20-18-16-14-12-10-8-5-2)35(39)34(28-30)38-36-32-25-24-29(21-6-3)27-33(32)37-38/h24-28,39H,4-23H2,1-3H3. The number of benzene rings is 2. The molecule has 0 aliphatic heterocycles. The lowest BCUT2D eigenvalue weighted by Gasteiger charge is -2.13. The highest BCUT2D eigenvalue weighted by Gasteiger charge is 2.15. The molecule has 0 radical (unpaired) electrons. The molecule has 0 aliphatic rings. The first-order valence-electron chi connectivity index (χ1n) is 16.4. The van der Waals surface area contributed by atoms with Crippen molar-refractivity contribution in [2.75, 3.05) is 0 Å². The van der Waals surface area contributed by atoms with E-state index in [1.807, 2.05) is 0 Å². The van der Waals surface area contributed by atoms with Crippen LogP contribution < -0.4 is 0 Å². The van der Waals surface area contributed by atoms with Crippen LogP contribution in [0.15, 0.2) is 30.3 Å². The summed E-state index contributed by atoms with van der Waals surface area (Å²) in [4.78, 5) is 1.67. The summed E-state index contributed by atoms with van der Waals surface area (Å²) in [6, 6.07) is 10.7. The Labute approximate surface area is 238 Å². The van der Waals surface area contributed by atoms with Crippen LogP contribution in [0.25, 0.3) is 16.7 Å². The lowest BCUT2D eigenvalue weighted by Crippen LogP contribution is -2.03. The van der Waals surface area contributed by atoms with Crippen molar-refractivity contribution < 1.29 is 5.11 Å². The second-order valence-electron chi connectivity index (χ2n) is 11.6. The molecule has 1 aromatic heterocycles. The smallest absolute Gasteiger partial charge is 0.146 e. The fourth-order valence-corrected chi connectivity index (χ4v) is 5.65. The first kappa shape index (κ1) is 31.2. The molecule has 0 saturated carbocycles. The molecule has 0 bridgehead atoms. The van der Waals surface area contributed by atoms with Gasteiger partial charge < -0.3 is 5.11 Å². The molecule has 0 atom stereocenters. The molecule has 0 spiro atoms. The Hall–Kier alpha value is -2.36. The number of hydrogen-bond donors (Lipinski definition) is 1. The van der Waals surface area contributed by atoms with Gasteiger partial charge in [0.05, 0.1) is 0 Å².